The topological polar surface area (TPSA) is 90.8 Å². The molecule has 0 aromatic carbocycles. The first-order chi connectivity index (χ1) is 10.1. The minimum absolute atomic E-state index is 0.00216. The molecule has 2 aromatic heterocycles. The van der Waals surface area contributed by atoms with Crippen molar-refractivity contribution in [1.82, 2.24) is 24.9 Å². The van der Waals surface area contributed by atoms with E-state index >= 15 is 0 Å². The van der Waals surface area contributed by atoms with Crippen molar-refractivity contribution in [2.45, 2.75) is 31.3 Å². The Balaban J connectivity index is 1.74. The van der Waals surface area contributed by atoms with Crippen LogP contribution < -0.4 is 11.1 Å². The fourth-order valence-electron chi connectivity index (χ4n) is 2.87. The quantitative estimate of drug-likeness (QED) is 0.852. The van der Waals surface area contributed by atoms with Gasteiger partial charge in [0.15, 0.2) is 0 Å². The molecule has 0 radical (unpaired) electrons. The van der Waals surface area contributed by atoms with E-state index in [-0.39, 0.29) is 11.9 Å². The summed E-state index contributed by atoms with van der Waals surface area (Å²) in [6.45, 7) is 0. The van der Waals surface area contributed by atoms with Crippen molar-refractivity contribution in [3.8, 4) is 0 Å². The lowest BCUT2D eigenvalue weighted by Crippen LogP contribution is -2.37. The number of fused-ring (bicyclic) bond motifs is 1. The highest BCUT2D eigenvalue weighted by atomic mass is 16.2. The molecule has 2 heterocycles. The third-order valence-corrected chi connectivity index (χ3v) is 4.06. The van der Waals surface area contributed by atoms with E-state index in [1.807, 2.05) is 17.9 Å². The molecule has 0 spiro atoms. The summed E-state index contributed by atoms with van der Waals surface area (Å²) in [5.41, 5.74) is 9.03. The van der Waals surface area contributed by atoms with Gasteiger partial charge in [0.25, 0.3) is 0 Å². The summed E-state index contributed by atoms with van der Waals surface area (Å²) < 4.78 is 3.52. The van der Waals surface area contributed by atoms with Crippen molar-refractivity contribution >= 4 is 5.91 Å². The standard InChI is InChI=1S/C14H20N6O/c1-19-8-9(6-16-19)13(15)14(21)18-11-4-3-5-12-10(11)7-17-20(12)2/h6-8,11,13H,3-5,15H2,1-2H3,(H,18,21). The average molecular weight is 288 g/mol. The Morgan fingerprint density at radius 2 is 2.24 bits per heavy atom. The lowest BCUT2D eigenvalue weighted by atomic mass is 9.92. The second-order valence-electron chi connectivity index (χ2n) is 5.55. The maximum Gasteiger partial charge on any atom is 0.242 e. The maximum atomic E-state index is 12.3. The van der Waals surface area contributed by atoms with Gasteiger partial charge in [0.1, 0.15) is 6.04 Å². The first-order valence-electron chi connectivity index (χ1n) is 7.11. The van der Waals surface area contributed by atoms with E-state index in [1.165, 1.54) is 5.69 Å². The van der Waals surface area contributed by atoms with Gasteiger partial charge in [-0.15, -0.1) is 0 Å². The highest BCUT2D eigenvalue weighted by Gasteiger charge is 2.27. The number of rotatable bonds is 3. The normalized spacial score (nSPS) is 19.1. The number of hydrogen-bond donors (Lipinski definition) is 2. The predicted octanol–water partition coefficient (Wildman–Crippen LogP) is 0.347. The molecule has 0 saturated heterocycles. The Morgan fingerprint density at radius 3 is 2.95 bits per heavy atom. The molecule has 1 aliphatic carbocycles. The van der Waals surface area contributed by atoms with Gasteiger partial charge in [-0.1, -0.05) is 0 Å². The number of aryl methyl sites for hydroxylation is 2. The van der Waals surface area contributed by atoms with Crippen LogP contribution in [-0.4, -0.2) is 25.5 Å². The fraction of sp³-hybridized carbons (Fsp3) is 0.500. The Kier molecular flexibility index (Phi) is 3.50. The van der Waals surface area contributed by atoms with Crippen LogP contribution in [-0.2, 0) is 25.3 Å². The molecule has 3 N–H and O–H groups in total. The lowest BCUT2D eigenvalue weighted by molar-refractivity contribution is -0.123. The minimum Gasteiger partial charge on any atom is -0.348 e. The van der Waals surface area contributed by atoms with E-state index in [1.54, 1.807) is 24.1 Å². The van der Waals surface area contributed by atoms with Crippen molar-refractivity contribution in [3.05, 3.63) is 35.4 Å². The molecule has 2 atom stereocenters. The molecule has 0 saturated carbocycles. The summed E-state index contributed by atoms with van der Waals surface area (Å²) in [5.74, 6) is -0.176. The minimum atomic E-state index is -0.694. The summed E-state index contributed by atoms with van der Waals surface area (Å²) in [6, 6.07) is -0.696. The highest BCUT2D eigenvalue weighted by Crippen LogP contribution is 2.29. The van der Waals surface area contributed by atoms with Crippen LogP contribution in [0, 0.1) is 0 Å². The van der Waals surface area contributed by atoms with Gasteiger partial charge in [-0.25, -0.2) is 0 Å². The molecular weight excluding hydrogens is 268 g/mol. The molecule has 7 heteroatoms. The smallest absolute Gasteiger partial charge is 0.242 e. The molecule has 2 aromatic rings. The van der Waals surface area contributed by atoms with Crippen LogP contribution in [0.5, 0.6) is 0 Å². The second kappa shape index (κ2) is 5.33. The van der Waals surface area contributed by atoms with Gasteiger partial charge in [-0.05, 0) is 19.3 Å². The molecule has 1 amide bonds. The lowest BCUT2D eigenvalue weighted by Gasteiger charge is -2.25. The molecule has 7 nitrogen and oxygen atoms in total. The van der Waals surface area contributed by atoms with E-state index in [2.05, 4.69) is 15.5 Å². The zero-order valence-corrected chi connectivity index (χ0v) is 12.3. The van der Waals surface area contributed by atoms with Gasteiger partial charge in [0, 0.05) is 37.1 Å². The van der Waals surface area contributed by atoms with Crippen molar-refractivity contribution in [1.29, 1.82) is 0 Å². The summed E-state index contributed by atoms with van der Waals surface area (Å²) >= 11 is 0. The Labute approximate surface area is 123 Å². The van der Waals surface area contributed by atoms with Crippen LogP contribution >= 0.6 is 0 Å². The molecule has 21 heavy (non-hydrogen) atoms. The van der Waals surface area contributed by atoms with Crippen LogP contribution in [0.25, 0.3) is 0 Å². The molecule has 112 valence electrons. The van der Waals surface area contributed by atoms with E-state index in [0.717, 1.165) is 30.4 Å². The van der Waals surface area contributed by atoms with Crippen LogP contribution in [0.3, 0.4) is 0 Å². The van der Waals surface area contributed by atoms with Gasteiger partial charge in [-0.3, -0.25) is 14.2 Å². The molecular formula is C14H20N6O. The van der Waals surface area contributed by atoms with Gasteiger partial charge in [0.2, 0.25) is 5.91 Å². The molecule has 0 aliphatic heterocycles. The Bertz CT molecular complexity index is 658. The molecule has 3 rings (SSSR count). The van der Waals surface area contributed by atoms with E-state index < -0.39 is 6.04 Å². The Morgan fingerprint density at radius 1 is 1.43 bits per heavy atom. The molecule has 1 aliphatic rings. The summed E-state index contributed by atoms with van der Waals surface area (Å²) in [4.78, 5) is 12.3. The first kappa shape index (κ1) is 13.8. The van der Waals surface area contributed by atoms with Gasteiger partial charge >= 0.3 is 0 Å². The number of amides is 1. The summed E-state index contributed by atoms with van der Waals surface area (Å²) in [5, 5.41) is 11.4. The number of carbonyl (C=O) groups is 1. The van der Waals surface area contributed by atoms with Crippen LogP contribution in [0.15, 0.2) is 18.6 Å². The summed E-state index contributed by atoms with van der Waals surface area (Å²) in [6.07, 6.45) is 8.20. The van der Waals surface area contributed by atoms with Gasteiger partial charge < -0.3 is 11.1 Å². The van der Waals surface area contributed by atoms with Crippen LogP contribution in [0.4, 0.5) is 0 Å². The van der Waals surface area contributed by atoms with Gasteiger partial charge in [0.05, 0.1) is 18.4 Å². The molecule has 0 fully saturated rings. The predicted molar refractivity (Wildman–Crippen MR) is 77.2 cm³/mol. The third-order valence-electron chi connectivity index (χ3n) is 4.06. The largest absolute Gasteiger partial charge is 0.348 e. The maximum absolute atomic E-state index is 12.3. The number of aromatic nitrogens is 4. The summed E-state index contributed by atoms with van der Waals surface area (Å²) in [7, 11) is 3.74. The third kappa shape index (κ3) is 2.56. The number of nitrogens with one attached hydrogen (secondary N) is 1. The van der Waals surface area contributed by atoms with Crippen molar-refractivity contribution in [2.75, 3.05) is 0 Å². The van der Waals surface area contributed by atoms with Crippen LogP contribution in [0.1, 0.15) is 41.7 Å². The monoisotopic (exact) mass is 288 g/mol. The molecule has 2 unspecified atom stereocenters. The Hall–Kier alpha value is -2.15. The fourth-order valence-corrected chi connectivity index (χ4v) is 2.87. The second-order valence-corrected chi connectivity index (χ2v) is 5.55. The average Bonchev–Trinajstić information content (AvgIpc) is 3.06. The van der Waals surface area contributed by atoms with Crippen molar-refractivity contribution in [2.24, 2.45) is 19.8 Å². The molecule has 0 bridgehead atoms. The van der Waals surface area contributed by atoms with E-state index in [4.69, 9.17) is 5.73 Å². The zero-order valence-electron chi connectivity index (χ0n) is 12.3. The highest BCUT2D eigenvalue weighted by molar-refractivity contribution is 5.83. The SMILES string of the molecule is Cn1cc(C(N)C(=O)NC2CCCc3c2cnn3C)cn1. The van der Waals surface area contributed by atoms with Crippen molar-refractivity contribution < 1.29 is 4.79 Å². The van der Waals surface area contributed by atoms with E-state index in [0.29, 0.717) is 0 Å². The zero-order chi connectivity index (χ0) is 15.0. The van der Waals surface area contributed by atoms with Crippen LogP contribution in [0.2, 0.25) is 0 Å². The van der Waals surface area contributed by atoms with Gasteiger partial charge in [-0.2, -0.15) is 10.2 Å². The number of hydrogen-bond acceptors (Lipinski definition) is 4. The number of carbonyl (C=O) groups excluding carboxylic acids is 1. The number of nitrogens with zero attached hydrogens (tertiary/aromatic N) is 4. The number of nitrogens with two attached hydrogens (primary N) is 1. The first-order valence-corrected chi connectivity index (χ1v) is 7.11. The van der Waals surface area contributed by atoms with E-state index in [9.17, 15) is 4.79 Å². The van der Waals surface area contributed by atoms with Crippen molar-refractivity contribution in [3.63, 3.8) is 0 Å².